The van der Waals surface area contributed by atoms with Crippen molar-refractivity contribution in [3.63, 3.8) is 0 Å². The molecular weight excluding hydrogens is 156 g/mol. The van der Waals surface area contributed by atoms with E-state index in [0.717, 1.165) is 5.92 Å². The molecule has 0 aromatic carbocycles. The van der Waals surface area contributed by atoms with Crippen molar-refractivity contribution in [1.29, 1.82) is 0 Å². The number of thiazole rings is 1. The Balaban J connectivity index is 2.18. The molecule has 0 spiro atoms. The highest BCUT2D eigenvalue weighted by atomic mass is 32.1. The first-order valence-corrected chi connectivity index (χ1v) is 4.59. The van der Waals surface area contributed by atoms with Crippen molar-refractivity contribution >= 4 is 17.6 Å². The fourth-order valence-corrected chi connectivity index (χ4v) is 2.02. The zero-order valence-electron chi connectivity index (χ0n) is 6.45. The van der Waals surface area contributed by atoms with Crippen LogP contribution in [0.2, 0.25) is 0 Å². The molecule has 1 fully saturated rings. The van der Waals surface area contributed by atoms with Crippen molar-refractivity contribution in [1.82, 2.24) is 4.98 Å². The van der Waals surface area contributed by atoms with E-state index < -0.39 is 0 Å². The highest BCUT2D eigenvalue weighted by Crippen LogP contribution is 2.41. The second-order valence-electron chi connectivity index (χ2n) is 2.76. The minimum Gasteiger partial charge on any atom is -0.295 e. The van der Waals surface area contributed by atoms with Crippen LogP contribution in [0.3, 0.4) is 0 Å². The van der Waals surface area contributed by atoms with Gasteiger partial charge in [-0.15, -0.1) is 11.3 Å². The van der Waals surface area contributed by atoms with Crippen LogP contribution in [0.4, 0.5) is 0 Å². The lowest BCUT2D eigenvalue weighted by molar-refractivity contribution is 1.08. The fraction of sp³-hybridized carbons (Fsp3) is 0.500. The van der Waals surface area contributed by atoms with Crippen LogP contribution in [0.25, 0.3) is 0 Å². The Bertz CT molecular complexity index is 273. The lowest BCUT2D eigenvalue weighted by Crippen LogP contribution is -1.70. The smallest absolute Gasteiger partial charge is 0.0962 e. The number of nitrogens with zero attached hydrogens (tertiary/aromatic N) is 2. The monoisotopic (exact) mass is 166 g/mol. The SMILES string of the molecule is C/N=C\c1cnc(C2CC2)s1. The molecule has 2 nitrogen and oxygen atoms in total. The second-order valence-corrected chi connectivity index (χ2v) is 3.86. The Labute approximate surface area is 70.0 Å². The van der Waals surface area contributed by atoms with E-state index in [1.54, 1.807) is 18.4 Å². The van der Waals surface area contributed by atoms with E-state index in [9.17, 15) is 0 Å². The molecule has 0 atom stereocenters. The molecule has 3 heteroatoms. The summed E-state index contributed by atoms with van der Waals surface area (Å²) in [6.07, 6.45) is 6.43. The van der Waals surface area contributed by atoms with E-state index in [1.165, 1.54) is 22.7 Å². The van der Waals surface area contributed by atoms with Crippen LogP contribution < -0.4 is 0 Å². The average molecular weight is 166 g/mol. The Morgan fingerprint density at radius 1 is 1.73 bits per heavy atom. The van der Waals surface area contributed by atoms with E-state index >= 15 is 0 Å². The first kappa shape index (κ1) is 6.98. The van der Waals surface area contributed by atoms with Gasteiger partial charge in [-0.1, -0.05) is 0 Å². The predicted octanol–water partition coefficient (Wildman–Crippen LogP) is 2.07. The largest absolute Gasteiger partial charge is 0.295 e. The van der Waals surface area contributed by atoms with Crippen molar-refractivity contribution in [3.8, 4) is 0 Å². The van der Waals surface area contributed by atoms with Gasteiger partial charge in [-0.2, -0.15) is 0 Å². The van der Waals surface area contributed by atoms with Crippen molar-refractivity contribution in [2.75, 3.05) is 7.05 Å². The summed E-state index contributed by atoms with van der Waals surface area (Å²) in [5.74, 6) is 0.777. The summed E-state index contributed by atoms with van der Waals surface area (Å²) >= 11 is 1.77. The number of hydrogen-bond donors (Lipinski definition) is 0. The highest BCUT2D eigenvalue weighted by molar-refractivity contribution is 7.13. The van der Waals surface area contributed by atoms with Crippen LogP contribution in [0.5, 0.6) is 0 Å². The third kappa shape index (κ3) is 1.48. The molecule has 2 rings (SSSR count). The van der Waals surface area contributed by atoms with Crippen LogP contribution in [-0.4, -0.2) is 18.2 Å². The molecule has 1 aromatic heterocycles. The molecule has 0 N–H and O–H groups in total. The van der Waals surface area contributed by atoms with Gasteiger partial charge in [-0.3, -0.25) is 4.99 Å². The van der Waals surface area contributed by atoms with Gasteiger partial charge >= 0.3 is 0 Å². The van der Waals surface area contributed by atoms with Gasteiger partial charge in [-0.25, -0.2) is 4.98 Å². The van der Waals surface area contributed by atoms with Crippen molar-refractivity contribution in [3.05, 3.63) is 16.1 Å². The first-order valence-electron chi connectivity index (χ1n) is 3.78. The summed E-state index contributed by atoms with van der Waals surface area (Å²) in [6, 6.07) is 0. The van der Waals surface area contributed by atoms with Gasteiger partial charge in [0, 0.05) is 25.4 Å². The van der Waals surface area contributed by atoms with Crippen LogP contribution in [0.15, 0.2) is 11.2 Å². The number of rotatable bonds is 2. The summed E-state index contributed by atoms with van der Waals surface area (Å²) in [6.45, 7) is 0. The summed E-state index contributed by atoms with van der Waals surface area (Å²) in [5.41, 5.74) is 0. The quantitative estimate of drug-likeness (QED) is 0.617. The van der Waals surface area contributed by atoms with Crippen molar-refractivity contribution in [2.45, 2.75) is 18.8 Å². The highest BCUT2D eigenvalue weighted by Gasteiger charge is 2.26. The molecule has 0 aliphatic heterocycles. The molecule has 1 aliphatic rings. The van der Waals surface area contributed by atoms with Crippen LogP contribution in [-0.2, 0) is 0 Å². The third-order valence-corrected chi connectivity index (χ3v) is 2.82. The van der Waals surface area contributed by atoms with Crippen LogP contribution >= 0.6 is 11.3 Å². The molecule has 0 saturated heterocycles. The van der Waals surface area contributed by atoms with E-state index in [0.29, 0.717) is 0 Å². The zero-order chi connectivity index (χ0) is 7.68. The normalized spacial score (nSPS) is 17.9. The number of aliphatic imine (C=N–C) groups is 1. The van der Waals surface area contributed by atoms with E-state index in [2.05, 4.69) is 9.98 Å². The Morgan fingerprint density at radius 3 is 3.18 bits per heavy atom. The molecule has 1 aliphatic carbocycles. The molecule has 58 valence electrons. The maximum atomic E-state index is 4.32. The maximum absolute atomic E-state index is 4.32. The van der Waals surface area contributed by atoms with E-state index in [1.807, 2.05) is 12.4 Å². The van der Waals surface area contributed by atoms with Crippen molar-refractivity contribution in [2.24, 2.45) is 4.99 Å². The Hall–Kier alpha value is -0.700. The molecule has 0 unspecified atom stereocenters. The van der Waals surface area contributed by atoms with Crippen molar-refractivity contribution < 1.29 is 0 Å². The lowest BCUT2D eigenvalue weighted by Gasteiger charge is -1.82. The minimum absolute atomic E-state index is 0.777. The standard InChI is InChI=1S/C8H10N2S/c1-9-4-7-5-10-8(11-7)6-2-3-6/h4-6H,2-3H2,1H3/b9-4-. The number of aromatic nitrogens is 1. The average Bonchev–Trinajstić information content (AvgIpc) is 2.75. The summed E-state index contributed by atoms with van der Waals surface area (Å²) in [5, 5.41) is 1.29. The van der Waals surface area contributed by atoms with Gasteiger partial charge in [0.15, 0.2) is 0 Å². The molecule has 1 aromatic rings. The summed E-state index contributed by atoms with van der Waals surface area (Å²) in [4.78, 5) is 9.44. The summed E-state index contributed by atoms with van der Waals surface area (Å²) in [7, 11) is 1.79. The van der Waals surface area contributed by atoms with Gasteiger partial charge < -0.3 is 0 Å². The van der Waals surface area contributed by atoms with Gasteiger partial charge in [-0.05, 0) is 12.8 Å². The van der Waals surface area contributed by atoms with Gasteiger partial charge in [0.05, 0.1) is 9.88 Å². The molecule has 1 heterocycles. The minimum atomic E-state index is 0.777. The van der Waals surface area contributed by atoms with Crippen LogP contribution in [0, 0.1) is 0 Å². The first-order chi connectivity index (χ1) is 5.40. The number of hydrogen-bond acceptors (Lipinski definition) is 3. The lowest BCUT2D eigenvalue weighted by atomic mass is 10.5. The molecule has 0 bridgehead atoms. The predicted molar refractivity (Wildman–Crippen MR) is 47.6 cm³/mol. The van der Waals surface area contributed by atoms with Crippen LogP contribution in [0.1, 0.15) is 28.6 Å². The zero-order valence-corrected chi connectivity index (χ0v) is 7.27. The topological polar surface area (TPSA) is 25.2 Å². The summed E-state index contributed by atoms with van der Waals surface area (Å²) < 4.78 is 0. The molecule has 11 heavy (non-hydrogen) atoms. The maximum Gasteiger partial charge on any atom is 0.0962 e. The molecular formula is C8H10N2S. The third-order valence-electron chi connectivity index (χ3n) is 1.72. The fourth-order valence-electron chi connectivity index (χ4n) is 1.01. The molecule has 1 saturated carbocycles. The Kier molecular flexibility index (Phi) is 1.74. The van der Waals surface area contributed by atoms with E-state index in [-0.39, 0.29) is 0 Å². The van der Waals surface area contributed by atoms with Gasteiger partial charge in [0.2, 0.25) is 0 Å². The van der Waals surface area contributed by atoms with Gasteiger partial charge in [0.25, 0.3) is 0 Å². The molecule has 0 amide bonds. The molecule has 0 radical (unpaired) electrons. The van der Waals surface area contributed by atoms with Gasteiger partial charge in [0.1, 0.15) is 0 Å². The second kappa shape index (κ2) is 2.74. The van der Waals surface area contributed by atoms with E-state index in [4.69, 9.17) is 0 Å². The Morgan fingerprint density at radius 2 is 2.55 bits per heavy atom.